The van der Waals surface area contributed by atoms with E-state index in [-0.39, 0.29) is 54.0 Å². The van der Waals surface area contributed by atoms with Gasteiger partial charge in [0.25, 0.3) is 0 Å². The van der Waals surface area contributed by atoms with E-state index < -0.39 is 0 Å². The van der Waals surface area contributed by atoms with Gasteiger partial charge in [-0.2, -0.15) is 0 Å². The molecule has 0 aliphatic carbocycles. The summed E-state index contributed by atoms with van der Waals surface area (Å²) in [6.45, 7) is 16.6. The van der Waals surface area contributed by atoms with Crippen LogP contribution in [0.4, 0.5) is 0 Å². The van der Waals surface area contributed by atoms with Gasteiger partial charge in [0.05, 0.1) is 23.9 Å². The molecule has 0 spiro atoms. The van der Waals surface area contributed by atoms with Crippen molar-refractivity contribution in [2.24, 2.45) is 5.92 Å². The Kier molecular flexibility index (Phi) is 15.2. The van der Waals surface area contributed by atoms with Crippen molar-refractivity contribution in [3.63, 3.8) is 0 Å². The Labute approximate surface area is 225 Å². The first-order valence-corrected chi connectivity index (χ1v) is 13.8. The second-order valence-electron chi connectivity index (χ2n) is 11.2. The van der Waals surface area contributed by atoms with E-state index in [2.05, 4.69) is 38.3 Å². The lowest BCUT2D eigenvalue weighted by molar-refractivity contribution is -0.145. The van der Waals surface area contributed by atoms with Crippen molar-refractivity contribution in [3.8, 4) is 0 Å². The molecule has 1 aromatic carbocycles. The number of Topliss-reactive ketones (excluding diaryl/α,β-unsaturated/α-hetero) is 1. The molecule has 212 valence electrons. The highest BCUT2D eigenvalue weighted by Gasteiger charge is 2.27. The maximum atomic E-state index is 13.2. The Morgan fingerprint density at radius 2 is 1.70 bits per heavy atom. The van der Waals surface area contributed by atoms with E-state index in [0.717, 1.165) is 31.4 Å². The van der Waals surface area contributed by atoms with Crippen LogP contribution in [0.25, 0.3) is 0 Å². The van der Waals surface area contributed by atoms with Crippen LogP contribution in [0.5, 0.6) is 0 Å². The fraction of sp³-hybridized carbons (Fsp3) is 0.733. The molecule has 0 radical (unpaired) electrons. The van der Waals surface area contributed by atoms with Crippen molar-refractivity contribution in [2.45, 2.75) is 110 Å². The van der Waals surface area contributed by atoms with Crippen LogP contribution in [0.15, 0.2) is 30.3 Å². The molecule has 2 N–H and O–H groups in total. The molecule has 1 rings (SSSR count). The number of methoxy groups -OCH3 is 1. The third kappa shape index (κ3) is 14.1. The average molecular weight is 521 g/mol. The number of nitrogens with one attached hydrogen (secondary N) is 2. The summed E-state index contributed by atoms with van der Waals surface area (Å²) in [6, 6.07) is 9.36. The van der Waals surface area contributed by atoms with Crippen molar-refractivity contribution in [1.29, 1.82) is 0 Å². The van der Waals surface area contributed by atoms with E-state index in [9.17, 15) is 9.59 Å². The predicted molar refractivity (Wildman–Crippen MR) is 150 cm³/mol. The molecule has 0 amide bonds. The lowest BCUT2D eigenvalue weighted by atomic mass is 9.95. The number of ether oxygens (including phenoxy) is 3. The van der Waals surface area contributed by atoms with Gasteiger partial charge in [-0.3, -0.25) is 9.59 Å². The lowest BCUT2D eigenvalue weighted by Crippen LogP contribution is -2.45. The molecule has 0 saturated heterocycles. The van der Waals surface area contributed by atoms with Gasteiger partial charge in [0.2, 0.25) is 0 Å². The Balaban J connectivity index is 2.47. The smallest absolute Gasteiger partial charge is 0.306 e. The van der Waals surface area contributed by atoms with Crippen LogP contribution in [0.3, 0.4) is 0 Å². The van der Waals surface area contributed by atoms with Gasteiger partial charge >= 0.3 is 5.97 Å². The van der Waals surface area contributed by atoms with Crippen LogP contribution < -0.4 is 10.6 Å². The van der Waals surface area contributed by atoms with Crippen molar-refractivity contribution < 1.29 is 23.8 Å². The van der Waals surface area contributed by atoms with Crippen LogP contribution >= 0.6 is 0 Å². The minimum absolute atomic E-state index is 0.119. The molecular weight excluding hydrogens is 468 g/mol. The summed E-state index contributed by atoms with van der Waals surface area (Å²) in [6.07, 6.45) is 3.24. The SMILES string of the molecule is CCC(C)(CCNCC(C)C(=O)[C@@H](CCC(=O)OCc1ccccc1)NC(C)C)OCCC(C)(C)OC. The summed E-state index contributed by atoms with van der Waals surface area (Å²) in [5.41, 5.74) is 0.542. The molecule has 0 aliphatic heterocycles. The third-order valence-corrected chi connectivity index (χ3v) is 6.98. The topological polar surface area (TPSA) is 85.9 Å². The lowest BCUT2D eigenvalue weighted by Gasteiger charge is -2.31. The minimum Gasteiger partial charge on any atom is -0.461 e. The number of hydrogen-bond donors (Lipinski definition) is 2. The van der Waals surface area contributed by atoms with Crippen molar-refractivity contribution in [2.75, 3.05) is 26.8 Å². The van der Waals surface area contributed by atoms with Crippen LogP contribution in [0.2, 0.25) is 0 Å². The number of rotatable bonds is 20. The fourth-order valence-electron chi connectivity index (χ4n) is 3.89. The normalized spacial score (nSPS) is 15.3. The first-order chi connectivity index (χ1) is 17.4. The zero-order chi connectivity index (χ0) is 27.9. The molecule has 7 nitrogen and oxygen atoms in total. The van der Waals surface area contributed by atoms with Gasteiger partial charge in [0.1, 0.15) is 6.61 Å². The molecule has 2 unspecified atom stereocenters. The quantitative estimate of drug-likeness (QED) is 0.184. The summed E-state index contributed by atoms with van der Waals surface area (Å²) in [7, 11) is 1.73. The van der Waals surface area contributed by atoms with Crippen LogP contribution in [-0.2, 0) is 30.4 Å². The molecule has 0 fully saturated rings. The first-order valence-electron chi connectivity index (χ1n) is 13.8. The molecule has 3 atom stereocenters. The van der Waals surface area contributed by atoms with E-state index >= 15 is 0 Å². The predicted octanol–water partition coefficient (Wildman–Crippen LogP) is 5.06. The van der Waals surface area contributed by atoms with Gasteiger partial charge in [0, 0.05) is 32.0 Å². The Morgan fingerprint density at radius 3 is 2.30 bits per heavy atom. The minimum atomic E-state index is -0.380. The van der Waals surface area contributed by atoms with E-state index in [4.69, 9.17) is 14.2 Å². The first kappa shape index (κ1) is 33.2. The third-order valence-electron chi connectivity index (χ3n) is 6.98. The molecule has 37 heavy (non-hydrogen) atoms. The maximum Gasteiger partial charge on any atom is 0.306 e. The average Bonchev–Trinajstić information content (AvgIpc) is 2.87. The van der Waals surface area contributed by atoms with Gasteiger partial charge in [-0.1, -0.05) is 58.0 Å². The molecule has 0 aliphatic rings. The molecule has 0 aromatic heterocycles. The Morgan fingerprint density at radius 1 is 1.03 bits per heavy atom. The standard InChI is InChI=1S/C30H52N2O5/c1-9-30(7,37-20-18-29(5,6)35-8)17-19-31-21-24(4)28(34)26(32-23(2)3)15-16-27(33)36-22-25-13-11-10-12-14-25/h10-14,23-24,26,31-32H,9,15-22H2,1-8H3/t24?,26-,30?/m1/s1. The van der Waals surface area contributed by atoms with Gasteiger partial charge < -0.3 is 24.8 Å². The van der Waals surface area contributed by atoms with Crippen LogP contribution in [0, 0.1) is 5.92 Å². The summed E-state index contributed by atoms with van der Waals surface area (Å²) in [5, 5.41) is 6.78. The van der Waals surface area contributed by atoms with Gasteiger partial charge in [-0.15, -0.1) is 0 Å². The molecule has 1 aromatic rings. The molecular formula is C30H52N2O5. The molecule has 0 heterocycles. The van der Waals surface area contributed by atoms with Crippen molar-refractivity contribution in [3.05, 3.63) is 35.9 Å². The van der Waals surface area contributed by atoms with Crippen LogP contribution in [-0.4, -0.2) is 61.8 Å². The summed E-state index contributed by atoms with van der Waals surface area (Å²) in [5.74, 6) is -0.341. The fourth-order valence-corrected chi connectivity index (χ4v) is 3.89. The number of hydrogen-bond acceptors (Lipinski definition) is 7. The van der Waals surface area contributed by atoms with Gasteiger partial charge in [-0.25, -0.2) is 0 Å². The summed E-state index contributed by atoms with van der Waals surface area (Å²) >= 11 is 0. The van der Waals surface area contributed by atoms with Gasteiger partial charge in [-0.05, 0) is 58.6 Å². The number of benzene rings is 1. The molecule has 0 saturated carbocycles. The molecule has 7 heteroatoms. The second kappa shape index (κ2) is 16.9. The second-order valence-corrected chi connectivity index (χ2v) is 11.2. The number of ketones is 1. The van der Waals surface area contributed by atoms with Crippen molar-refractivity contribution in [1.82, 2.24) is 10.6 Å². The zero-order valence-corrected chi connectivity index (χ0v) is 24.5. The number of esters is 1. The van der Waals surface area contributed by atoms with E-state index in [1.165, 1.54) is 0 Å². The highest BCUT2D eigenvalue weighted by molar-refractivity contribution is 5.86. The monoisotopic (exact) mass is 520 g/mol. The van der Waals surface area contributed by atoms with Crippen LogP contribution in [0.1, 0.15) is 86.1 Å². The number of carbonyl (C=O) groups excluding carboxylic acids is 2. The maximum absolute atomic E-state index is 13.2. The summed E-state index contributed by atoms with van der Waals surface area (Å²) < 4.78 is 17.1. The largest absolute Gasteiger partial charge is 0.461 e. The van der Waals surface area contributed by atoms with Gasteiger partial charge in [0.15, 0.2) is 5.78 Å². The molecule has 0 bridgehead atoms. The Bertz CT molecular complexity index is 783. The van der Waals surface area contributed by atoms with E-state index in [0.29, 0.717) is 19.6 Å². The number of carbonyl (C=O) groups is 2. The highest BCUT2D eigenvalue weighted by Crippen LogP contribution is 2.22. The van der Waals surface area contributed by atoms with E-state index in [1.807, 2.05) is 51.1 Å². The van der Waals surface area contributed by atoms with Crippen molar-refractivity contribution >= 4 is 11.8 Å². The highest BCUT2D eigenvalue weighted by atomic mass is 16.5. The summed E-state index contributed by atoms with van der Waals surface area (Å²) in [4.78, 5) is 25.5. The van der Waals surface area contributed by atoms with E-state index in [1.54, 1.807) is 7.11 Å². The Hall–Kier alpha value is -1.80. The zero-order valence-electron chi connectivity index (χ0n) is 24.5.